The van der Waals surface area contributed by atoms with Crippen molar-refractivity contribution in [2.75, 3.05) is 7.11 Å². The van der Waals surface area contributed by atoms with E-state index < -0.39 is 0 Å². The van der Waals surface area contributed by atoms with Gasteiger partial charge in [0.2, 0.25) is 0 Å². The lowest BCUT2D eigenvalue weighted by Crippen LogP contribution is -2.08. The average molecular weight is 364 g/mol. The third-order valence-electron chi connectivity index (χ3n) is 4.36. The van der Waals surface area contributed by atoms with Crippen LogP contribution in [-0.2, 0) is 4.79 Å². The second kappa shape index (κ2) is 7.99. The Hall–Kier alpha value is -3.21. The lowest BCUT2D eigenvalue weighted by atomic mass is 10.1. The molecule has 0 spiro atoms. The Morgan fingerprint density at radius 3 is 2.26 bits per heavy atom. The van der Waals surface area contributed by atoms with Crippen LogP contribution >= 0.6 is 0 Å². The number of benzene rings is 2. The van der Waals surface area contributed by atoms with Crippen molar-refractivity contribution >= 4 is 23.6 Å². The molecule has 0 saturated carbocycles. The highest BCUT2D eigenvalue weighted by Crippen LogP contribution is 2.32. The number of allylic oxidation sites excluding steroid dienone is 1. The summed E-state index contributed by atoms with van der Waals surface area (Å²) in [6.45, 7) is 2.00. The molecule has 3 rings (SSSR count). The van der Waals surface area contributed by atoms with Gasteiger partial charge in [-0.15, -0.1) is 0 Å². The first kappa shape index (κ1) is 18.6. The predicted octanol–water partition coefficient (Wildman–Crippen LogP) is 4.25. The zero-order valence-corrected chi connectivity index (χ0v) is 15.3. The number of ketones is 2. The van der Waals surface area contributed by atoms with Crippen LogP contribution in [0.15, 0.2) is 48.0 Å². The molecule has 0 atom stereocenters. The molecule has 0 unspecified atom stereocenters. The van der Waals surface area contributed by atoms with Gasteiger partial charge in [0.25, 0.3) is 0 Å². The van der Waals surface area contributed by atoms with Crippen molar-refractivity contribution in [3.05, 3.63) is 64.7 Å². The molecule has 0 fully saturated rings. The normalized spacial score (nSPS) is 12.7. The molecule has 0 bridgehead atoms. The summed E-state index contributed by atoms with van der Waals surface area (Å²) in [5.41, 5.74) is 1.57. The predicted molar refractivity (Wildman–Crippen MR) is 101 cm³/mol. The topological polar surface area (TPSA) is 69.7 Å². The Bertz CT molecular complexity index is 902. The van der Waals surface area contributed by atoms with Gasteiger partial charge in [-0.2, -0.15) is 0 Å². The number of hydrogen-bond acceptors (Lipinski definition) is 5. The number of fused-ring (bicyclic) bond motifs is 1. The summed E-state index contributed by atoms with van der Waals surface area (Å²) in [5, 5.41) is 0. The number of methoxy groups -OCH3 is 1. The number of rotatable bonds is 6. The Balaban J connectivity index is 1.86. The minimum Gasteiger partial charge on any atom is -0.493 e. The molecule has 5 nitrogen and oxygen atoms in total. The molecule has 1 aliphatic carbocycles. The highest BCUT2D eigenvalue weighted by atomic mass is 16.6. The van der Waals surface area contributed by atoms with Gasteiger partial charge in [0, 0.05) is 17.5 Å². The van der Waals surface area contributed by atoms with E-state index in [-0.39, 0.29) is 23.1 Å². The average Bonchev–Trinajstić information content (AvgIpc) is 2.92. The largest absolute Gasteiger partial charge is 0.493 e. The van der Waals surface area contributed by atoms with Gasteiger partial charge in [-0.1, -0.05) is 43.7 Å². The number of unbranched alkanes of at least 4 members (excludes halogenated alkanes) is 1. The molecule has 0 heterocycles. The second-order valence-corrected chi connectivity index (χ2v) is 6.25. The zero-order valence-electron chi connectivity index (χ0n) is 15.3. The van der Waals surface area contributed by atoms with Gasteiger partial charge < -0.3 is 9.47 Å². The number of carbonyl (C=O) groups excluding carboxylic acids is 3. The molecule has 2 aromatic carbocycles. The van der Waals surface area contributed by atoms with E-state index in [4.69, 9.17) is 9.47 Å². The van der Waals surface area contributed by atoms with E-state index in [1.165, 1.54) is 13.2 Å². The molecule has 2 aromatic rings. The van der Waals surface area contributed by atoms with E-state index >= 15 is 0 Å². The Labute approximate surface area is 157 Å². The van der Waals surface area contributed by atoms with Crippen molar-refractivity contribution in [3.8, 4) is 11.5 Å². The van der Waals surface area contributed by atoms with Gasteiger partial charge in [0.05, 0.1) is 12.7 Å². The van der Waals surface area contributed by atoms with Crippen LogP contribution < -0.4 is 9.47 Å². The van der Waals surface area contributed by atoms with Gasteiger partial charge in [0.1, 0.15) is 0 Å². The molecule has 1 aliphatic rings. The van der Waals surface area contributed by atoms with Crippen molar-refractivity contribution in [2.45, 2.75) is 26.2 Å². The number of Topliss-reactive ketones (excluding diaryl/α,β-unsaturated/α-hetero) is 2. The van der Waals surface area contributed by atoms with Crippen LogP contribution in [0.4, 0.5) is 0 Å². The first-order chi connectivity index (χ1) is 13.0. The maximum Gasteiger partial charge on any atom is 0.311 e. The van der Waals surface area contributed by atoms with Crippen LogP contribution in [0.5, 0.6) is 11.5 Å². The van der Waals surface area contributed by atoms with E-state index in [9.17, 15) is 14.4 Å². The highest BCUT2D eigenvalue weighted by molar-refractivity contribution is 6.41. The third-order valence-corrected chi connectivity index (χ3v) is 4.36. The highest BCUT2D eigenvalue weighted by Gasteiger charge is 2.32. The monoisotopic (exact) mass is 364 g/mol. The fourth-order valence-corrected chi connectivity index (χ4v) is 2.92. The van der Waals surface area contributed by atoms with Crippen LogP contribution in [0.25, 0.3) is 6.08 Å². The van der Waals surface area contributed by atoms with Gasteiger partial charge in [-0.05, 0) is 30.2 Å². The summed E-state index contributed by atoms with van der Waals surface area (Å²) in [4.78, 5) is 36.8. The summed E-state index contributed by atoms with van der Waals surface area (Å²) < 4.78 is 10.6. The summed E-state index contributed by atoms with van der Waals surface area (Å²) >= 11 is 0. The molecule has 0 aliphatic heterocycles. The fraction of sp³-hybridized carbons (Fsp3) is 0.227. The quantitative estimate of drug-likeness (QED) is 0.332. The molecule has 0 saturated heterocycles. The van der Waals surface area contributed by atoms with E-state index in [0.717, 1.165) is 12.8 Å². The molecule has 0 radical (unpaired) electrons. The molecular formula is C22H20O5. The molecule has 0 amide bonds. The number of esters is 1. The van der Waals surface area contributed by atoms with Gasteiger partial charge >= 0.3 is 5.97 Å². The number of hydrogen-bond donors (Lipinski definition) is 0. The maximum absolute atomic E-state index is 12.5. The van der Waals surface area contributed by atoms with Gasteiger partial charge in [0.15, 0.2) is 23.1 Å². The standard InChI is InChI=1S/C22H20O5/c1-3-4-9-20(23)27-18-11-10-14(13-19(18)26-2)12-17-21(24)15-7-5-6-8-16(15)22(17)25/h5-8,10-13H,3-4,9H2,1-2H3. The van der Waals surface area contributed by atoms with Crippen molar-refractivity contribution in [1.29, 1.82) is 0 Å². The molecular weight excluding hydrogens is 344 g/mol. The molecule has 5 heteroatoms. The summed E-state index contributed by atoms with van der Waals surface area (Å²) in [6, 6.07) is 11.7. The van der Waals surface area contributed by atoms with Crippen LogP contribution in [0.3, 0.4) is 0 Å². The molecule has 0 aromatic heterocycles. The van der Waals surface area contributed by atoms with Crippen LogP contribution in [0, 0.1) is 0 Å². The second-order valence-electron chi connectivity index (χ2n) is 6.25. The Morgan fingerprint density at radius 1 is 1.00 bits per heavy atom. The van der Waals surface area contributed by atoms with Gasteiger partial charge in [-0.3, -0.25) is 14.4 Å². The number of ether oxygens (including phenoxy) is 2. The van der Waals surface area contributed by atoms with E-state index in [1.54, 1.807) is 42.5 Å². The Kier molecular flexibility index (Phi) is 5.50. The maximum atomic E-state index is 12.5. The van der Waals surface area contributed by atoms with Crippen LogP contribution in [0.2, 0.25) is 0 Å². The first-order valence-electron chi connectivity index (χ1n) is 8.84. The molecule has 27 heavy (non-hydrogen) atoms. The van der Waals surface area contributed by atoms with E-state index in [0.29, 0.717) is 34.6 Å². The summed E-state index contributed by atoms with van der Waals surface area (Å²) in [5.74, 6) is -0.218. The van der Waals surface area contributed by atoms with Crippen molar-refractivity contribution < 1.29 is 23.9 Å². The third kappa shape index (κ3) is 3.82. The van der Waals surface area contributed by atoms with E-state index in [2.05, 4.69) is 0 Å². The number of carbonyl (C=O) groups is 3. The van der Waals surface area contributed by atoms with E-state index in [1.807, 2.05) is 6.92 Å². The minimum absolute atomic E-state index is 0.117. The lowest BCUT2D eigenvalue weighted by Gasteiger charge is -2.10. The molecule has 0 N–H and O–H groups in total. The Morgan fingerprint density at radius 2 is 1.67 bits per heavy atom. The SMILES string of the molecule is CCCCC(=O)Oc1ccc(C=C2C(=O)c3ccccc3C2=O)cc1OC. The van der Waals surface area contributed by atoms with Crippen molar-refractivity contribution in [2.24, 2.45) is 0 Å². The summed E-state index contributed by atoms with van der Waals surface area (Å²) in [6.07, 6.45) is 3.54. The zero-order chi connectivity index (χ0) is 19.4. The summed E-state index contributed by atoms with van der Waals surface area (Å²) in [7, 11) is 1.47. The van der Waals surface area contributed by atoms with Crippen LogP contribution in [-0.4, -0.2) is 24.6 Å². The van der Waals surface area contributed by atoms with Crippen molar-refractivity contribution in [1.82, 2.24) is 0 Å². The van der Waals surface area contributed by atoms with Crippen LogP contribution in [0.1, 0.15) is 52.5 Å². The van der Waals surface area contributed by atoms with Crippen molar-refractivity contribution in [3.63, 3.8) is 0 Å². The molecule has 138 valence electrons. The first-order valence-corrected chi connectivity index (χ1v) is 8.84. The smallest absolute Gasteiger partial charge is 0.311 e. The minimum atomic E-state index is -0.321. The van der Waals surface area contributed by atoms with Gasteiger partial charge in [-0.25, -0.2) is 0 Å². The fourth-order valence-electron chi connectivity index (χ4n) is 2.92. The lowest BCUT2D eigenvalue weighted by molar-refractivity contribution is -0.134.